The predicted octanol–water partition coefficient (Wildman–Crippen LogP) is 1.45. The molecule has 82 valence electrons. The zero-order valence-corrected chi connectivity index (χ0v) is 9.58. The summed E-state index contributed by atoms with van der Waals surface area (Å²) in [6, 6.07) is 0. The van der Waals surface area contributed by atoms with E-state index in [0.717, 1.165) is 6.54 Å². The molecule has 0 aromatic carbocycles. The summed E-state index contributed by atoms with van der Waals surface area (Å²) in [5.41, 5.74) is 3.60. The highest BCUT2D eigenvalue weighted by Crippen LogP contribution is 2.61. The van der Waals surface area contributed by atoms with Crippen molar-refractivity contribution in [3.63, 3.8) is 0 Å². The number of hydrogen-bond donors (Lipinski definition) is 1. The molecule has 1 heterocycles. The fourth-order valence-electron chi connectivity index (χ4n) is 3.26. The molecule has 1 atom stereocenters. The van der Waals surface area contributed by atoms with Crippen molar-refractivity contribution in [3.8, 4) is 0 Å². The van der Waals surface area contributed by atoms with Gasteiger partial charge in [-0.3, -0.25) is 4.68 Å². The lowest BCUT2D eigenvalue weighted by atomic mass is 9.75. The molecule has 3 rings (SSSR count). The quantitative estimate of drug-likeness (QED) is 0.792. The van der Waals surface area contributed by atoms with E-state index in [-0.39, 0.29) is 0 Å². The summed E-state index contributed by atoms with van der Waals surface area (Å²) >= 11 is 0. The lowest BCUT2D eigenvalue weighted by Gasteiger charge is -2.32. The van der Waals surface area contributed by atoms with Crippen molar-refractivity contribution < 1.29 is 0 Å². The van der Waals surface area contributed by atoms with Crippen molar-refractivity contribution in [2.24, 2.45) is 12.5 Å². The summed E-state index contributed by atoms with van der Waals surface area (Å²) in [5.74, 6) is 0.693. The second-order valence-corrected chi connectivity index (χ2v) is 5.15. The van der Waals surface area contributed by atoms with Gasteiger partial charge >= 0.3 is 0 Å². The molecular formula is C12H19N3. The fourth-order valence-corrected chi connectivity index (χ4v) is 3.26. The highest BCUT2D eigenvalue weighted by Gasteiger charge is 2.52. The van der Waals surface area contributed by atoms with Gasteiger partial charge in [0, 0.05) is 25.2 Å². The minimum Gasteiger partial charge on any atom is -0.319 e. The molecule has 1 aromatic rings. The molecular weight excluding hydrogens is 186 g/mol. The van der Waals surface area contributed by atoms with Crippen LogP contribution in [0.2, 0.25) is 0 Å². The Morgan fingerprint density at radius 3 is 3.00 bits per heavy atom. The third-order valence-corrected chi connectivity index (χ3v) is 4.33. The molecule has 0 amide bonds. The third kappa shape index (κ3) is 1.26. The van der Waals surface area contributed by atoms with Crippen LogP contribution in [0.1, 0.15) is 36.4 Å². The zero-order chi connectivity index (χ0) is 10.5. The van der Waals surface area contributed by atoms with E-state index in [1.807, 2.05) is 0 Å². The minimum absolute atomic E-state index is 0.629. The first-order valence-corrected chi connectivity index (χ1v) is 5.92. The average Bonchev–Trinajstić information content (AvgIpc) is 2.91. The van der Waals surface area contributed by atoms with Crippen molar-refractivity contribution in [3.05, 3.63) is 17.5 Å². The first-order chi connectivity index (χ1) is 7.27. The maximum Gasteiger partial charge on any atom is 0.0524 e. The van der Waals surface area contributed by atoms with Crippen molar-refractivity contribution in [1.82, 2.24) is 15.1 Å². The maximum absolute atomic E-state index is 4.41. The predicted molar refractivity (Wildman–Crippen MR) is 59.9 cm³/mol. The van der Waals surface area contributed by atoms with Crippen LogP contribution >= 0.6 is 0 Å². The minimum atomic E-state index is 0.629. The topological polar surface area (TPSA) is 29.9 Å². The number of nitrogens with zero attached hydrogens (tertiary/aromatic N) is 2. The van der Waals surface area contributed by atoms with Crippen LogP contribution in [0.5, 0.6) is 0 Å². The van der Waals surface area contributed by atoms with Gasteiger partial charge in [0.2, 0.25) is 0 Å². The number of fused-ring (bicyclic) bond motifs is 1. The summed E-state index contributed by atoms with van der Waals surface area (Å²) < 4.78 is 2.09. The summed E-state index contributed by atoms with van der Waals surface area (Å²) in [5, 5.41) is 7.76. The highest BCUT2D eigenvalue weighted by molar-refractivity contribution is 5.31. The summed E-state index contributed by atoms with van der Waals surface area (Å²) in [4.78, 5) is 0. The molecule has 3 nitrogen and oxygen atoms in total. The standard InChI is InChI=1S/C12H19N3/c1-13-8-10-11-9(7-14-15(11)2)3-4-12(10)5-6-12/h7,10,13H,3-6,8H2,1-2H3. The Morgan fingerprint density at radius 1 is 1.53 bits per heavy atom. The Labute approximate surface area is 90.9 Å². The number of aromatic nitrogens is 2. The van der Waals surface area contributed by atoms with E-state index >= 15 is 0 Å². The Hall–Kier alpha value is -0.830. The number of hydrogen-bond acceptors (Lipinski definition) is 2. The fraction of sp³-hybridized carbons (Fsp3) is 0.750. The van der Waals surface area contributed by atoms with E-state index in [0.29, 0.717) is 11.3 Å². The van der Waals surface area contributed by atoms with E-state index in [1.165, 1.54) is 36.9 Å². The van der Waals surface area contributed by atoms with Gasteiger partial charge in [-0.1, -0.05) is 0 Å². The first kappa shape index (κ1) is 9.40. The average molecular weight is 205 g/mol. The molecule has 1 saturated carbocycles. The lowest BCUT2D eigenvalue weighted by Crippen LogP contribution is -2.31. The van der Waals surface area contributed by atoms with Crippen molar-refractivity contribution >= 4 is 0 Å². The number of aryl methyl sites for hydroxylation is 2. The first-order valence-electron chi connectivity index (χ1n) is 5.92. The van der Waals surface area contributed by atoms with Crippen LogP contribution in [0.3, 0.4) is 0 Å². The largest absolute Gasteiger partial charge is 0.319 e. The van der Waals surface area contributed by atoms with Crippen LogP contribution in [-0.4, -0.2) is 23.4 Å². The smallest absolute Gasteiger partial charge is 0.0524 e. The summed E-state index contributed by atoms with van der Waals surface area (Å²) in [6.07, 6.45) is 7.52. The van der Waals surface area contributed by atoms with E-state index in [2.05, 4.69) is 35.4 Å². The number of likely N-dealkylation sites (N-methyl/N-ethyl adjacent to an activating group) is 1. The van der Waals surface area contributed by atoms with E-state index < -0.39 is 0 Å². The molecule has 3 heteroatoms. The Balaban J connectivity index is 2.02. The van der Waals surface area contributed by atoms with E-state index in [4.69, 9.17) is 0 Å². The maximum atomic E-state index is 4.41. The van der Waals surface area contributed by atoms with Crippen LogP contribution in [-0.2, 0) is 13.5 Å². The molecule has 15 heavy (non-hydrogen) atoms. The number of rotatable bonds is 2. The van der Waals surface area contributed by atoms with Gasteiger partial charge < -0.3 is 5.32 Å². The Morgan fingerprint density at radius 2 is 2.33 bits per heavy atom. The van der Waals surface area contributed by atoms with Crippen LogP contribution < -0.4 is 5.32 Å². The van der Waals surface area contributed by atoms with Crippen LogP contribution in [0, 0.1) is 5.41 Å². The monoisotopic (exact) mass is 205 g/mol. The molecule has 0 radical (unpaired) electrons. The van der Waals surface area contributed by atoms with Gasteiger partial charge in [-0.2, -0.15) is 5.10 Å². The molecule has 2 aliphatic rings. The Bertz CT molecular complexity index is 376. The molecule has 0 bridgehead atoms. The van der Waals surface area contributed by atoms with Gasteiger partial charge in [0.1, 0.15) is 0 Å². The van der Waals surface area contributed by atoms with Gasteiger partial charge in [0.15, 0.2) is 0 Å². The van der Waals surface area contributed by atoms with Gasteiger partial charge in [0.25, 0.3) is 0 Å². The molecule has 0 aliphatic heterocycles. The lowest BCUT2D eigenvalue weighted by molar-refractivity contribution is 0.325. The highest BCUT2D eigenvalue weighted by atomic mass is 15.3. The molecule has 2 aliphatic carbocycles. The second-order valence-electron chi connectivity index (χ2n) is 5.15. The number of nitrogens with one attached hydrogen (secondary N) is 1. The van der Waals surface area contributed by atoms with Gasteiger partial charge in [-0.25, -0.2) is 0 Å². The van der Waals surface area contributed by atoms with E-state index in [9.17, 15) is 0 Å². The van der Waals surface area contributed by atoms with Crippen LogP contribution in [0.25, 0.3) is 0 Å². The van der Waals surface area contributed by atoms with Crippen molar-refractivity contribution in [2.75, 3.05) is 13.6 Å². The molecule has 1 unspecified atom stereocenters. The second kappa shape index (κ2) is 3.08. The van der Waals surface area contributed by atoms with Gasteiger partial charge in [-0.15, -0.1) is 0 Å². The van der Waals surface area contributed by atoms with E-state index in [1.54, 1.807) is 0 Å². The molecule has 1 aromatic heterocycles. The van der Waals surface area contributed by atoms with Crippen molar-refractivity contribution in [1.29, 1.82) is 0 Å². The van der Waals surface area contributed by atoms with Crippen LogP contribution in [0.15, 0.2) is 6.20 Å². The molecule has 1 spiro atoms. The summed E-state index contributed by atoms with van der Waals surface area (Å²) in [6.45, 7) is 1.10. The normalized spacial score (nSPS) is 26.7. The van der Waals surface area contributed by atoms with Gasteiger partial charge in [0.05, 0.1) is 6.20 Å². The molecule has 1 N–H and O–H groups in total. The summed E-state index contributed by atoms with van der Waals surface area (Å²) in [7, 11) is 4.14. The van der Waals surface area contributed by atoms with Crippen molar-refractivity contribution in [2.45, 2.75) is 31.6 Å². The molecule has 0 saturated heterocycles. The molecule has 1 fully saturated rings. The van der Waals surface area contributed by atoms with Gasteiger partial charge in [-0.05, 0) is 43.7 Å². The third-order valence-electron chi connectivity index (χ3n) is 4.33. The van der Waals surface area contributed by atoms with Crippen LogP contribution in [0.4, 0.5) is 0 Å². The SMILES string of the molecule is CNCC1c2c(cnn2C)CCC12CC2. The Kier molecular flexibility index (Phi) is 1.93. The zero-order valence-electron chi connectivity index (χ0n) is 9.58.